The first kappa shape index (κ1) is 16.6. The summed E-state index contributed by atoms with van der Waals surface area (Å²) in [5.41, 5.74) is 1.91. The lowest BCUT2D eigenvalue weighted by atomic mass is 10.2. The molecule has 2 amide bonds. The predicted octanol–water partition coefficient (Wildman–Crippen LogP) is 3.67. The monoisotopic (exact) mass is 364 g/mol. The topological polar surface area (TPSA) is 58.6 Å². The van der Waals surface area contributed by atoms with Crippen LogP contribution in [-0.2, 0) is 9.59 Å². The number of anilines is 2. The number of ether oxygens (including phenoxy) is 1. The van der Waals surface area contributed by atoms with Gasteiger partial charge in [0, 0.05) is 21.8 Å². The number of nitrogens with zero attached hydrogens (tertiary/aromatic N) is 1. The van der Waals surface area contributed by atoms with Gasteiger partial charge in [-0.15, -0.1) is 0 Å². The van der Waals surface area contributed by atoms with Crippen LogP contribution in [0.5, 0.6) is 5.75 Å². The molecule has 1 aliphatic heterocycles. The third-order valence-electron chi connectivity index (χ3n) is 3.71. The van der Waals surface area contributed by atoms with E-state index in [1.807, 2.05) is 6.92 Å². The van der Waals surface area contributed by atoms with Crippen LogP contribution in [0.15, 0.2) is 36.4 Å². The Kier molecular flexibility index (Phi) is 4.64. The van der Waals surface area contributed by atoms with Crippen molar-refractivity contribution in [2.24, 2.45) is 0 Å². The lowest BCUT2D eigenvalue weighted by molar-refractivity contribution is -0.123. The fourth-order valence-electron chi connectivity index (χ4n) is 2.43. The number of nitrogens with one attached hydrogen (secondary N) is 1. The molecule has 0 aromatic heterocycles. The van der Waals surface area contributed by atoms with E-state index < -0.39 is 0 Å². The number of benzene rings is 2. The molecule has 0 atom stereocenters. The Hall–Kier alpha value is -2.24. The molecule has 5 nitrogen and oxygen atoms in total. The summed E-state index contributed by atoms with van der Waals surface area (Å²) in [6.07, 6.45) is 0. The van der Waals surface area contributed by atoms with Crippen molar-refractivity contribution in [2.45, 2.75) is 6.92 Å². The first-order valence-electron chi connectivity index (χ1n) is 7.23. The molecule has 0 bridgehead atoms. The van der Waals surface area contributed by atoms with Gasteiger partial charge in [-0.25, -0.2) is 0 Å². The number of halogens is 2. The van der Waals surface area contributed by atoms with Gasteiger partial charge in [-0.1, -0.05) is 29.3 Å². The molecule has 0 fully saturated rings. The van der Waals surface area contributed by atoms with Crippen molar-refractivity contribution in [3.63, 3.8) is 0 Å². The van der Waals surface area contributed by atoms with Crippen LogP contribution in [0.4, 0.5) is 11.4 Å². The minimum atomic E-state index is -0.323. The summed E-state index contributed by atoms with van der Waals surface area (Å²) in [7, 11) is 0. The van der Waals surface area contributed by atoms with Crippen molar-refractivity contribution in [2.75, 3.05) is 23.4 Å². The third kappa shape index (κ3) is 3.32. The van der Waals surface area contributed by atoms with Gasteiger partial charge in [-0.2, -0.15) is 0 Å². The van der Waals surface area contributed by atoms with Gasteiger partial charge in [-0.05, 0) is 36.8 Å². The fraction of sp³-hybridized carbons (Fsp3) is 0.176. The minimum Gasteiger partial charge on any atom is -0.482 e. The molecule has 124 valence electrons. The number of carbonyl (C=O) groups excluding carboxylic acids is 2. The van der Waals surface area contributed by atoms with Crippen LogP contribution in [0.25, 0.3) is 0 Å². The van der Waals surface area contributed by atoms with Crippen molar-refractivity contribution in [3.05, 3.63) is 52.0 Å². The maximum atomic E-state index is 12.4. The molecule has 7 heteroatoms. The standard InChI is InChI=1S/C17H14Cl2N2O3/c1-10-12(19)3-2-4-13(10)20-16(22)8-21-14-6-5-11(18)7-15(14)24-9-17(21)23/h2-7H,8-9H2,1H3,(H,20,22). The van der Waals surface area contributed by atoms with Crippen molar-refractivity contribution < 1.29 is 14.3 Å². The Bertz CT molecular complexity index is 823. The van der Waals surface area contributed by atoms with Gasteiger partial charge in [-0.3, -0.25) is 14.5 Å². The van der Waals surface area contributed by atoms with Crippen molar-refractivity contribution in [1.82, 2.24) is 0 Å². The Morgan fingerprint density at radius 3 is 2.88 bits per heavy atom. The van der Waals surface area contributed by atoms with E-state index in [4.69, 9.17) is 27.9 Å². The second-order valence-corrected chi connectivity index (χ2v) is 6.18. The maximum absolute atomic E-state index is 12.4. The molecule has 2 aromatic rings. The van der Waals surface area contributed by atoms with Gasteiger partial charge in [0.2, 0.25) is 5.91 Å². The molecule has 2 aromatic carbocycles. The molecule has 1 N–H and O–H groups in total. The summed E-state index contributed by atoms with van der Waals surface area (Å²) in [5.74, 6) is -0.131. The van der Waals surface area contributed by atoms with Crippen molar-refractivity contribution in [3.8, 4) is 5.75 Å². The van der Waals surface area contributed by atoms with E-state index in [0.717, 1.165) is 5.56 Å². The quantitative estimate of drug-likeness (QED) is 0.903. The Morgan fingerprint density at radius 2 is 2.08 bits per heavy atom. The molecule has 0 radical (unpaired) electrons. The summed E-state index contributed by atoms with van der Waals surface area (Å²) in [5, 5.41) is 3.84. The van der Waals surface area contributed by atoms with Crippen LogP contribution in [0.1, 0.15) is 5.56 Å². The predicted molar refractivity (Wildman–Crippen MR) is 94.1 cm³/mol. The summed E-state index contributed by atoms with van der Waals surface area (Å²) < 4.78 is 5.36. The minimum absolute atomic E-state index is 0.122. The summed E-state index contributed by atoms with van der Waals surface area (Å²) >= 11 is 12.0. The maximum Gasteiger partial charge on any atom is 0.265 e. The van der Waals surface area contributed by atoms with E-state index in [-0.39, 0.29) is 25.0 Å². The summed E-state index contributed by atoms with van der Waals surface area (Å²) in [6.45, 7) is 1.56. The number of amides is 2. The Morgan fingerprint density at radius 1 is 1.29 bits per heavy atom. The zero-order valence-electron chi connectivity index (χ0n) is 12.8. The number of hydrogen-bond acceptors (Lipinski definition) is 3. The van der Waals surface area contributed by atoms with Gasteiger partial charge in [0.15, 0.2) is 6.61 Å². The summed E-state index contributed by atoms with van der Waals surface area (Å²) in [4.78, 5) is 25.8. The highest BCUT2D eigenvalue weighted by molar-refractivity contribution is 6.32. The molecule has 1 heterocycles. The van der Waals surface area contributed by atoms with Crippen LogP contribution in [0, 0.1) is 6.92 Å². The van der Waals surface area contributed by atoms with Crippen molar-refractivity contribution in [1.29, 1.82) is 0 Å². The number of rotatable bonds is 3. The molecule has 3 rings (SSSR count). The van der Waals surface area contributed by atoms with Gasteiger partial charge < -0.3 is 10.1 Å². The van der Waals surface area contributed by atoms with Crippen LogP contribution in [0.3, 0.4) is 0 Å². The highest BCUT2D eigenvalue weighted by Crippen LogP contribution is 2.34. The van der Waals surface area contributed by atoms with Crippen LogP contribution in [-0.4, -0.2) is 25.0 Å². The molecule has 24 heavy (non-hydrogen) atoms. The highest BCUT2D eigenvalue weighted by atomic mass is 35.5. The molecule has 1 aliphatic rings. The number of fused-ring (bicyclic) bond motifs is 1. The lowest BCUT2D eigenvalue weighted by Crippen LogP contribution is -2.43. The highest BCUT2D eigenvalue weighted by Gasteiger charge is 2.27. The second-order valence-electron chi connectivity index (χ2n) is 5.34. The van der Waals surface area contributed by atoms with Crippen LogP contribution < -0.4 is 15.0 Å². The molecular formula is C17H14Cl2N2O3. The summed E-state index contributed by atoms with van der Waals surface area (Å²) in [6, 6.07) is 10.2. The smallest absolute Gasteiger partial charge is 0.265 e. The number of carbonyl (C=O) groups is 2. The first-order chi connectivity index (χ1) is 11.5. The molecule has 0 aliphatic carbocycles. The zero-order valence-corrected chi connectivity index (χ0v) is 14.3. The number of hydrogen-bond donors (Lipinski definition) is 1. The second kappa shape index (κ2) is 6.71. The Labute approximate surface area is 149 Å². The van der Waals surface area contributed by atoms with E-state index in [0.29, 0.717) is 27.2 Å². The van der Waals surface area contributed by atoms with E-state index in [1.165, 1.54) is 4.90 Å². The van der Waals surface area contributed by atoms with Crippen LogP contribution in [0.2, 0.25) is 10.0 Å². The molecule has 0 unspecified atom stereocenters. The van der Waals surface area contributed by atoms with E-state index >= 15 is 0 Å². The molecule has 0 saturated heterocycles. The van der Waals surface area contributed by atoms with Gasteiger partial charge in [0.05, 0.1) is 5.69 Å². The largest absolute Gasteiger partial charge is 0.482 e. The van der Waals surface area contributed by atoms with Crippen molar-refractivity contribution >= 4 is 46.4 Å². The van der Waals surface area contributed by atoms with Gasteiger partial charge >= 0.3 is 0 Å². The SMILES string of the molecule is Cc1c(Cl)cccc1NC(=O)CN1C(=O)COc2cc(Cl)ccc21. The van der Waals surface area contributed by atoms with Gasteiger partial charge in [0.25, 0.3) is 5.91 Å². The van der Waals surface area contributed by atoms with E-state index in [1.54, 1.807) is 36.4 Å². The van der Waals surface area contributed by atoms with Crippen LogP contribution >= 0.6 is 23.2 Å². The average Bonchev–Trinajstić information content (AvgIpc) is 2.54. The normalized spacial score (nSPS) is 13.3. The average molecular weight is 365 g/mol. The Balaban J connectivity index is 1.79. The van der Waals surface area contributed by atoms with E-state index in [2.05, 4.69) is 5.32 Å². The molecular weight excluding hydrogens is 351 g/mol. The fourth-order valence-corrected chi connectivity index (χ4v) is 2.76. The first-order valence-corrected chi connectivity index (χ1v) is 7.99. The zero-order chi connectivity index (χ0) is 17.3. The lowest BCUT2D eigenvalue weighted by Gasteiger charge is -2.29. The molecule has 0 saturated carbocycles. The third-order valence-corrected chi connectivity index (χ3v) is 4.35. The molecule has 0 spiro atoms. The van der Waals surface area contributed by atoms with E-state index in [9.17, 15) is 9.59 Å². The van der Waals surface area contributed by atoms with Gasteiger partial charge in [0.1, 0.15) is 12.3 Å².